The van der Waals surface area contributed by atoms with Gasteiger partial charge in [0, 0.05) is 60.2 Å². The monoisotopic (exact) mass is 406 g/mol. The quantitative estimate of drug-likeness (QED) is 0.641. The molecule has 0 aromatic carbocycles. The molecule has 0 radical (unpaired) electrons. The van der Waals surface area contributed by atoms with Gasteiger partial charge in [-0.2, -0.15) is 0 Å². The minimum Gasteiger partial charge on any atom is -0.380 e. The number of aromatic nitrogens is 3. The van der Waals surface area contributed by atoms with Gasteiger partial charge < -0.3 is 14.0 Å². The number of ether oxygens (including phenoxy) is 2. The molecule has 0 bridgehead atoms. The van der Waals surface area contributed by atoms with Crippen LogP contribution in [0.4, 0.5) is 0 Å². The van der Waals surface area contributed by atoms with E-state index < -0.39 is 0 Å². The minimum absolute atomic E-state index is 0.160. The highest BCUT2D eigenvalue weighted by Crippen LogP contribution is 2.35. The van der Waals surface area contributed by atoms with Crippen LogP contribution in [0.1, 0.15) is 40.8 Å². The van der Waals surface area contributed by atoms with Crippen molar-refractivity contribution in [3.8, 4) is 11.3 Å². The molecule has 2 aliphatic heterocycles. The van der Waals surface area contributed by atoms with Crippen LogP contribution in [-0.2, 0) is 22.5 Å². The zero-order valence-electron chi connectivity index (χ0n) is 17.4. The predicted octanol–water partition coefficient (Wildman–Crippen LogP) is 3.61. The van der Waals surface area contributed by atoms with E-state index in [1.54, 1.807) is 0 Å². The van der Waals surface area contributed by atoms with Crippen LogP contribution in [0.25, 0.3) is 11.3 Å². The molecule has 0 saturated carbocycles. The van der Waals surface area contributed by atoms with Crippen LogP contribution < -0.4 is 0 Å². The summed E-state index contributed by atoms with van der Waals surface area (Å²) in [6.45, 7) is 6.81. The van der Waals surface area contributed by atoms with Gasteiger partial charge in [0.15, 0.2) is 0 Å². The predicted molar refractivity (Wildman–Crippen MR) is 111 cm³/mol. The smallest absolute Gasteiger partial charge is 0.139 e. The van der Waals surface area contributed by atoms with E-state index in [9.17, 15) is 0 Å². The van der Waals surface area contributed by atoms with Crippen molar-refractivity contribution < 1.29 is 14.0 Å². The Morgan fingerprint density at radius 3 is 2.93 bits per heavy atom. The number of pyridine rings is 2. The highest BCUT2D eigenvalue weighted by Gasteiger charge is 2.35. The Labute approximate surface area is 176 Å². The molecule has 1 saturated heterocycles. The van der Waals surface area contributed by atoms with Crippen molar-refractivity contribution in [2.75, 3.05) is 19.8 Å². The third-order valence-corrected chi connectivity index (χ3v) is 6.08. The average Bonchev–Trinajstić information content (AvgIpc) is 3.43. The largest absolute Gasteiger partial charge is 0.380 e. The van der Waals surface area contributed by atoms with Crippen molar-refractivity contribution in [1.82, 2.24) is 20.0 Å². The number of rotatable bonds is 5. The summed E-state index contributed by atoms with van der Waals surface area (Å²) in [4.78, 5) is 11.2. The zero-order chi connectivity index (χ0) is 20.5. The molecule has 7 nitrogen and oxygen atoms in total. The summed E-state index contributed by atoms with van der Waals surface area (Å²) in [7, 11) is 0. The van der Waals surface area contributed by atoms with Crippen LogP contribution in [0.3, 0.4) is 0 Å². The molecular formula is C23H26N4O3. The van der Waals surface area contributed by atoms with Gasteiger partial charge >= 0.3 is 0 Å². The Balaban J connectivity index is 1.43. The summed E-state index contributed by atoms with van der Waals surface area (Å²) in [6.07, 6.45) is 7.50. The summed E-state index contributed by atoms with van der Waals surface area (Å²) in [5.41, 5.74) is 6.09. The lowest BCUT2D eigenvalue weighted by atomic mass is 9.98. The molecule has 2 unspecified atom stereocenters. The van der Waals surface area contributed by atoms with Crippen LogP contribution in [-0.4, -0.2) is 45.8 Å². The third kappa shape index (κ3) is 3.64. The first-order chi connectivity index (χ1) is 14.7. The summed E-state index contributed by atoms with van der Waals surface area (Å²) in [6, 6.07) is 6.47. The lowest BCUT2D eigenvalue weighted by Crippen LogP contribution is -2.44. The van der Waals surface area contributed by atoms with Gasteiger partial charge in [0.1, 0.15) is 17.7 Å². The number of fused-ring (bicyclic) bond motifs is 1. The van der Waals surface area contributed by atoms with E-state index in [0.717, 1.165) is 66.4 Å². The molecule has 7 heteroatoms. The molecule has 0 amide bonds. The van der Waals surface area contributed by atoms with E-state index in [4.69, 9.17) is 14.0 Å². The maximum Gasteiger partial charge on any atom is 0.139 e. The molecule has 3 aromatic heterocycles. The van der Waals surface area contributed by atoms with Gasteiger partial charge in [0.05, 0.1) is 13.2 Å². The van der Waals surface area contributed by atoms with Gasteiger partial charge in [0.25, 0.3) is 0 Å². The lowest BCUT2D eigenvalue weighted by molar-refractivity contribution is -0.0973. The number of hydrogen-bond acceptors (Lipinski definition) is 7. The first-order valence-corrected chi connectivity index (χ1v) is 10.5. The summed E-state index contributed by atoms with van der Waals surface area (Å²) >= 11 is 0. The van der Waals surface area contributed by atoms with Gasteiger partial charge in [-0.15, -0.1) is 0 Å². The Hall–Kier alpha value is -2.61. The topological polar surface area (TPSA) is 73.5 Å². The molecule has 0 N–H and O–H groups in total. The van der Waals surface area contributed by atoms with Crippen molar-refractivity contribution in [2.24, 2.45) is 0 Å². The van der Waals surface area contributed by atoms with Crippen molar-refractivity contribution in [2.45, 2.75) is 45.6 Å². The summed E-state index contributed by atoms with van der Waals surface area (Å²) < 4.78 is 17.7. The molecule has 156 valence electrons. The summed E-state index contributed by atoms with van der Waals surface area (Å²) in [5.74, 6) is 0.767. The van der Waals surface area contributed by atoms with Crippen LogP contribution in [0.2, 0.25) is 0 Å². The van der Waals surface area contributed by atoms with Crippen molar-refractivity contribution in [3.05, 3.63) is 64.9 Å². The SMILES string of the molecule is Cc1ccc(-c2noc(C)c2COC2c3cnccc3CCN2C2CCOC2)cn1. The molecule has 5 rings (SSSR count). The minimum atomic E-state index is -0.160. The molecule has 30 heavy (non-hydrogen) atoms. The maximum absolute atomic E-state index is 6.56. The third-order valence-electron chi connectivity index (χ3n) is 6.08. The normalized spacial score (nSPS) is 21.7. The highest BCUT2D eigenvalue weighted by atomic mass is 16.5. The van der Waals surface area contributed by atoms with E-state index in [1.807, 2.05) is 44.6 Å². The second-order valence-corrected chi connectivity index (χ2v) is 8.00. The van der Waals surface area contributed by atoms with Crippen molar-refractivity contribution >= 4 is 0 Å². The standard InChI is InChI=1S/C23H26N4O3/c1-15-3-4-18(11-25-15)22-21(16(2)30-26-22)14-29-23-20-12-24-8-5-17(20)6-9-27(23)19-7-10-28-13-19/h3-5,8,11-12,19,23H,6-7,9-10,13-14H2,1-2H3. The molecule has 5 heterocycles. The van der Waals surface area contributed by atoms with Gasteiger partial charge in [0.2, 0.25) is 0 Å². The first-order valence-electron chi connectivity index (χ1n) is 10.5. The van der Waals surface area contributed by atoms with Crippen LogP contribution >= 0.6 is 0 Å². The van der Waals surface area contributed by atoms with E-state index in [1.165, 1.54) is 5.56 Å². The molecular weight excluding hydrogens is 380 g/mol. The fourth-order valence-corrected chi connectivity index (χ4v) is 4.33. The second kappa shape index (κ2) is 8.26. The Kier molecular flexibility index (Phi) is 5.33. The Morgan fingerprint density at radius 1 is 1.20 bits per heavy atom. The molecule has 0 spiro atoms. The van der Waals surface area contributed by atoms with Crippen molar-refractivity contribution in [3.63, 3.8) is 0 Å². The van der Waals surface area contributed by atoms with E-state index >= 15 is 0 Å². The fraction of sp³-hybridized carbons (Fsp3) is 0.435. The molecule has 2 atom stereocenters. The second-order valence-electron chi connectivity index (χ2n) is 8.00. The van der Waals surface area contributed by atoms with Crippen LogP contribution in [0, 0.1) is 13.8 Å². The van der Waals surface area contributed by atoms with Crippen molar-refractivity contribution in [1.29, 1.82) is 0 Å². The average molecular weight is 406 g/mol. The highest BCUT2D eigenvalue weighted by molar-refractivity contribution is 5.62. The Bertz CT molecular complexity index is 1010. The first kappa shape index (κ1) is 19.4. The number of aryl methyl sites for hydroxylation is 2. The Morgan fingerprint density at radius 2 is 2.13 bits per heavy atom. The van der Waals surface area contributed by atoms with Gasteiger partial charge in [-0.05, 0) is 50.5 Å². The van der Waals surface area contributed by atoms with Gasteiger partial charge in [-0.3, -0.25) is 14.9 Å². The van der Waals surface area contributed by atoms with E-state index in [2.05, 4.69) is 26.1 Å². The number of hydrogen-bond donors (Lipinski definition) is 0. The molecule has 3 aromatic rings. The molecule has 0 aliphatic carbocycles. The zero-order valence-corrected chi connectivity index (χ0v) is 17.4. The number of nitrogens with zero attached hydrogens (tertiary/aromatic N) is 4. The van der Waals surface area contributed by atoms with Gasteiger partial charge in [-0.25, -0.2) is 0 Å². The van der Waals surface area contributed by atoms with Crippen LogP contribution in [0.5, 0.6) is 0 Å². The molecule has 2 aliphatic rings. The van der Waals surface area contributed by atoms with Gasteiger partial charge in [-0.1, -0.05) is 5.16 Å². The molecule has 1 fully saturated rings. The van der Waals surface area contributed by atoms with E-state index in [0.29, 0.717) is 12.6 Å². The maximum atomic E-state index is 6.56. The van der Waals surface area contributed by atoms with E-state index in [-0.39, 0.29) is 6.23 Å². The lowest BCUT2D eigenvalue weighted by Gasteiger charge is -2.39. The fourth-order valence-electron chi connectivity index (χ4n) is 4.33. The summed E-state index contributed by atoms with van der Waals surface area (Å²) in [5, 5.41) is 4.28. The van der Waals surface area contributed by atoms with Crippen LogP contribution in [0.15, 0.2) is 41.3 Å².